The molecule has 3 heterocycles. The molecule has 0 aromatic carbocycles. The van der Waals surface area contributed by atoms with E-state index in [1.165, 1.54) is 24.0 Å². The number of aromatic nitrogens is 5. The smallest absolute Gasteiger partial charge is 0.344 e. The molecule has 1 aliphatic rings. The van der Waals surface area contributed by atoms with Crippen molar-refractivity contribution in [2.24, 2.45) is 7.05 Å². The summed E-state index contributed by atoms with van der Waals surface area (Å²) in [5.41, 5.74) is -1.18. The Labute approximate surface area is 177 Å². The number of pyridine rings is 1. The second-order valence-corrected chi connectivity index (χ2v) is 7.33. The second kappa shape index (κ2) is 7.64. The van der Waals surface area contributed by atoms with Crippen LogP contribution in [-0.2, 0) is 25.8 Å². The lowest BCUT2D eigenvalue weighted by Crippen LogP contribution is -2.31. The van der Waals surface area contributed by atoms with Crippen molar-refractivity contribution in [1.29, 1.82) is 0 Å². The lowest BCUT2D eigenvalue weighted by Gasteiger charge is -2.22. The van der Waals surface area contributed by atoms with Crippen molar-refractivity contribution < 1.29 is 31.1 Å². The SMILES string of the molecule is Cn1nc(C(F)(F)F)cc1C(=O)N[C@@H]1CCCc2nn(-c3ccnc(C(F)(F)F)c3)cc21. The van der Waals surface area contributed by atoms with Crippen LogP contribution in [0.25, 0.3) is 5.69 Å². The number of hydrogen-bond acceptors (Lipinski definition) is 4. The van der Waals surface area contributed by atoms with Gasteiger partial charge in [0.15, 0.2) is 5.69 Å². The molecule has 0 saturated heterocycles. The molecule has 0 radical (unpaired) electrons. The molecule has 0 aliphatic heterocycles. The van der Waals surface area contributed by atoms with Crippen molar-refractivity contribution in [1.82, 2.24) is 29.9 Å². The standard InChI is InChI=1S/C19H16F6N6O/c1-30-14(8-16(29-30)19(23,24)25)17(32)27-12-3-2-4-13-11(12)9-31(28-13)10-5-6-26-15(7-10)18(20,21)22/h5-9,12H,2-4H2,1H3,(H,27,32)/t12-/m1/s1. The van der Waals surface area contributed by atoms with Crippen LogP contribution in [0.5, 0.6) is 0 Å². The lowest BCUT2D eigenvalue weighted by atomic mass is 9.93. The number of amides is 1. The van der Waals surface area contributed by atoms with Crippen molar-refractivity contribution in [3.63, 3.8) is 0 Å². The van der Waals surface area contributed by atoms with Gasteiger partial charge in [-0.3, -0.25) is 14.5 Å². The summed E-state index contributed by atoms with van der Waals surface area (Å²) in [6, 6.07) is 2.33. The molecule has 0 fully saturated rings. The average Bonchev–Trinajstić information content (AvgIpc) is 3.32. The third-order valence-corrected chi connectivity index (χ3v) is 5.11. The molecule has 1 aliphatic carbocycles. The van der Waals surface area contributed by atoms with Gasteiger partial charge in [-0.05, 0) is 31.4 Å². The normalized spacial score (nSPS) is 16.7. The van der Waals surface area contributed by atoms with Crippen molar-refractivity contribution in [3.8, 4) is 5.69 Å². The Balaban J connectivity index is 1.60. The third-order valence-electron chi connectivity index (χ3n) is 5.11. The predicted molar refractivity (Wildman–Crippen MR) is 97.7 cm³/mol. The van der Waals surface area contributed by atoms with E-state index in [9.17, 15) is 31.1 Å². The first kappa shape index (κ1) is 21.8. The van der Waals surface area contributed by atoms with Gasteiger partial charge in [0.1, 0.15) is 11.4 Å². The van der Waals surface area contributed by atoms with Crippen LogP contribution in [0.3, 0.4) is 0 Å². The molecule has 3 aromatic heterocycles. The van der Waals surface area contributed by atoms with E-state index in [1.807, 2.05) is 0 Å². The van der Waals surface area contributed by atoms with E-state index >= 15 is 0 Å². The molecule has 32 heavy (non-hydrogen) atoms. The highest BCUT2D eigenvalue weighted by Crippen LogP contribution is 2.32. The van der Waals surface area contributed by atoms with Crippen molar-refractivity contribution in [3.05, 3.63) is 58.9 Å². The fraction of sp³-hybridized carbons (Fsp3) is 0.368. The number of carbonyl (C=O) groups is 1. The monoisotopic (exact) mass is 458 g/mol. The van der Waals surface area contributed by atoms with Crippen LogP contribution in [0, 0.1) is 0 Å². The zero-order chi connectivity index (χ0) is 23.3. The van der Waals surface area contributed by atoms with Crippen molar-refractivity contribution in [2.75, 3.05) is 0 Å². The Bertz CT molecular complexity index is 1160. The molecule has 1 N–H and O–H groups in total. The summed E-state index contributed by atoms with van der Waals surface area (Å²) >= 11 is 0. The molecule has 3 aromatic rings. The minimum Gasteiger partial charge on any atom is -0.344 e. The number of fused-ring (bicyclic) bond motifs is 1. The van der Waals surface area contributed by atoms with E-state index in [2.05, 4.69) is 20.5 Å². The first-order valence-corrected chi connectivity index (χ1v) is 9.47. The van der Waals surface area contributed by atoms with Gasteiger partial charge in [0.2, 0.25) is 0 Å². The number of aryl methyl sites for hydroxylation is 2. The van der Waals surface area contributed by atoms with Gasteiger partial charge in [0.05, 0.1) is 17.4 Å². The molecule has 1 amide bonds. The average molecular weight is 458 g/mol. The Morgan fingerprint density at radius 1 is 1.09 bits per heavy atom. The van der Waals surface area contributed by atoms with Crippen LogP contribution >= 0.6 is 0 Å². The predicted octanol–water partition coefficient (Wildman–Crippen LogP) is 3.85. The summed E-state index contributed by atoms with van der Waals surface area (Å²) in [6.45, 7) is 0. The fourth-order valence-electron chi connectivity index (χ4n) is 3.59. The van der Waals surface area contributed by atoms with Gasteiger partial charge in [0.25, 0.3) is 5.91 Å². The summed E-state index contributed by atoms with van der Waals surface area (Å²) in [4.78, 5) is 15.9. The molecule has 0 spiro atoms. The number of nitrogens with zero attached hydrogens (tertiary/aromatic N) is 5. The molecule has 1 atom stereocenters. The van der Waals surface area contributed by atoms with E-state index in [0.29, 0.717) is 36.6 Å². The van der Waals surface area contributed by atoms with Gasteiger partial charge < -0.3 is 5.32 Å². The number of halogens is 6. The summed E-state index contributed by atoms with van der Waals surface area (Å²) < 4.78 is 79.6. The molecule has 0 unspecified atom stereocenters. The highest BCUT2D eigenvalue weighted by Gasteiger charge is 2.36. The fourth-order valence-corrected chi connectivity index (χ4v) is 3.59. The minimum absolute atomic E-state index is 0.147. The molecule has 0 bridgehead atoms. The highest BCUT2D eigenvalue weighted by molar-refractivity contribution is 5.93. The van der Waals surface area contributed by atoms with Gasteiger partial charge in [-0.2, -0.15) is 36.5 Å². The Morgan fingerprint density at radius 3 is 2.47 bits per heavy atom. The van der Waals surface area contributed by atoms with Crippen LogP contribution in [0.15, 0.2) is 30.6 Å². The van der Waals surface area contributed by atoms with Crippen LogP contribution in [-0.4, -0.2) is 30.5 Å². The Kier molecular flexibility index (Phi) is 5.21. The Morgan fingerprint density at radius 2 is 1.81 bits per heavy atom. The molecule has 4 rings (SSSR count). The minimum atomic E-state index is -4.69. The lowest BCUT2D eigenvalue weighted by molar-refractivity contribution is -0.142. The first-order chi connectivity index (χ1) is 14.9. The Hall–Kier alpha value is -3.38. The van der Waals surface area contributed by atoms with Gasteiger partial charge in [0, 0.05) is 31.1 Å². The number of alkyl halides is 6. The molecular weight excluding hydrogens is 442 g/mol. The summed E-state index contributed by atoms with van der Waals surface area (Å²) in [5, 5.41) is 10.3. The zero-order valence-electron chi connectivity index (χ0n) is 16.5. The maximum atomic E-state index is 13.0. The van der Waals surface area contributed by atoms with Crippen molar-refractivity contribution in [2.45, 2.75) is 37.7 Å². The largest absolute Gasteiger partial charge is 0.435 e. The van der Waals surface area contributed by atoms with E-state index in [-0.39, 0.29) is 11.4 Å². The van der Waals surface area contributed by atoms with Gasteiger partial charge in [-0.1, -0.05) is 0 Å². The molecule has 13 heteroatoms. The molecule has 7 nitrogen and oxygen atoms in total. The van der Waals surface area contributed by atoms with Crippen LogP contribution in [0.4, 0.5) is 26.3 Å². The number of carbonyl (C=O) groups excluding carboxylic acids is 1. The first-order valence-electron chi connectivity index (χ1n) is 9.47. The third kappa shape index (κ3) is 4.18. The van der Waals surface area contributed by atoms with Crippen LogP contribution in [0.1, 0.15) is 52.0 Å². The highest BCUT2D eigenvalue weighted by atomic mass is 19.4. The topological polar surface area (TPSA) is 77.6 Å². The number of rotatable bonds is 3. The van der Waals surface area contributed by atoms with E-state index in [0.717, 1.165) is 16.9 Å². The van der Waals surface area contributed by atoms with Gasteiger partial charge >= 0.3 is 12.4 Å². The van der Waals surface area contributed by atoms with E-state index in [4.69, 9.17) is 0 Å². The summed E-state index contributed by atoms with van der Waals surface area (Å²) in [7, 11) is 1.23. The summed E-state index contributed by atoms with van der Waals surface area (Å²) in [6.07, 6.45) is -5.07. The molecule has 170 valence electrons. The van der Waals surface area contributed by atoms with Gasteiger partial charge in [-0.25, -0.2) is 4.68 Å². The van der Waals surface area contributed by atoms with Crippen LogP contribution in [0.2, 0.25) is 0 Å². The van der Waals surface area contributed by atoms with Gasteiger partial charge in [-0.15, -0.1) is 0 Å². The number of nitrogens with one attached hydrogen (secondary N) is 1. The number of hydrogen-bond donors (Lipinski definition) is 1. The quantitative estimate of drug-likeness (QED) is 0.605. The maximum Gasteiger partial charge on any atom is 0.435 e. The molecule has 0 saturated carbocycles. The van der Waals surface area contributed by atoms with Crippen LogP contribution < -0.4 is 5.32 Å². The van der Waals surface area contributed by atoms with E-state index in [1.54, 1.807) is 0 Å². The summed E-state index contributed by atoms with van der Waals surface area (Å²) in [5.74, 6) is -0.746. The maximum absolute atomic E-state index is 13.0. The van der Waals surface area contributed by atoms with E-state index < -0.39 is 35.7 Å². The zero-order valence-corrected chi connectivity index (χ0v) is 16.5. The van der Waals surface area contributed by atoms with Crippen molar-refractivity contribution >= 4 is 5.91 Å². The second-order valence-electron chi connectivity index (χ2n) is 7.33. The molecular formula is C19H16F6N6O.